The van der Waals surface area contributed by atoms with E-state index in [0.717, 1.165) is 31.6 Å². The highest BCUT2D eigenvalue weighted by Gasteiger charge is 2.28. The summed E-state index contributed by atoms with van der Waals surface area (Å²) in [6.45, 7) is 5.73. The van der Waals surface area contributed by atoms with Crippen molar-refractivity contribution >= 4 is 15.9 Å². The van der Waals surface area contributed by atoms with Gasteiger partial charge in [-0.25, -0.2) is 12.8 Å². The molecule has 0 spiro atoms. The Morgan fingerprint density at radius 3 is 2.72 bits per heavy atom. The summed E-state index contributed by atoms with van der Waals surface area (Å²) >= 11 is 0. The number of benzene rings is 1. The van der Waals surface area contributed by atoms with E-state index in [-0.39, 0.29) is 23.5 Å². The molecule has 0 saturated carbocycles. The van der Waals surface area contributed by atoms with E-state index >= 15 is 0 Å². The van der Waals surface area contributed by atoms with Crippen LogP contribution >= 0.6 is 0 Å². The Hall–Kier alpha value is -1.55. The SMILES string of the molecule is C[C@H]1CCCCN1CCCNC(=O)c1cc(S(=O)(=O)N2CCOCC2)ccc1F. The Labute approximate surface area is 172 Å². The molecule has 7 nitrogen and oxygen atoms in total. The quantitative estimate of drug-likeness (QED) is 0.672. The number of ether oxygens (including phenoxy) is 1. The van der Waals surface area contributed by atoms with Crippen molar-refractivity contribution in [3.8, 4) is 0 Å². The van der Waals surface area contributed by atoms with Crippen LogP contribution in [0.3, 0.4) is 0 Å². The van der Waals surface area contributed by atoms with Gasteiger partial charge in [0, 0.05) is 32.2 Å². The minimum atomic E-state index is -3.78. The molecule has 0 unspecified atom stereocenters. The second-order valence-electron chi connectivity index (χ2n) is 7.65. The van der Waals surface area contributed by atoms with E-state index in [9.17, 15) is 17.6 Å². The van der Waals surface area contributed by atoms with Crippen molar-refractivity contribution in [2.45, 2.75) is 43.5 Å². The highest BCUT2D eigenvalue weighted by Crippen LogP contribution is 2.20. The lowest BCUT2D eigenvalue weighted by molar-refractivity contribution is 0.0730. The van der Waals surface area contributed by atoms with Gasteiger partial charge in [0.2, 0.25) is 10.0 Å². The van der Waals surface area contributed by atoms with Gasteiger partial charge in [-0.05, 0) is 50.9 Å². The number of halogens is 1. The summed E-state index contributed by atoms with van der Waals surface area (Å²) in [5.41, 5.74) is -0.245. The normalized spacial score (nSPS) is 21.8. The number of rotatable bonds is 7. The number of amides is 1. The van der Waals surface area contributed by atoms with Crippen LogP contribution in [0.5, 0.6) is 0 Å². The van der Waals surface area contributed by atoms with Crippen molar-refractivity contribution in [1.29, 1.82) is 0 Å². The Kier molecular flexibility index (Phi) is 7.61. The predicted octanol–water partition coefficient (Wildman–Crippen LogP) is 1.84. The van der Waals surface area contributed by atoms with Crippen LogP contribution in [0.4, 0.5) is 4.39 Å². The van der Waals surface area contributed by atoms with Gasteiger partial charge < -0.3 is 15.0 Å². The number of carbonyl (C=O) groups is 1. The standard InChI is InChI=1S/C20H30FN3O4S/c1-16-5-2-3-9-23(16)10-4-8-22-20(25)18-15-17(6-7-19(18)21)29(26,27)24-11-13-28-14-12-24/h6-7,15-16H,2-5,8-14H2,1H3,(H,22,25)/t16-/m0/s1. The minimum absolute atomic E-state index is 0.0758. The van der Waals surface area contributed by atoms with E-state index in [1.54, 1.807) is 0 Å². The molecule has 29 heavy (non-hydrogen) atoms. The number of piperidine rings is 1. The third-order valence-electron chi connectivity index (χ3n) is 5.64. The number of hydrogen-bond donors (Lipinski definition) is 1. The molecular formula is C20H30FN3O4S. The number of hydrogen-bond acceptors (Lipinski definition) is 5. The first-order valence-corrected chi connectivity index (χ1v) is 11.7. The Morgan fingerprint density at radius 1 is 1.24 bits per heavy atom. The van der Waals surface area contributed by atoms with Gasteiger partial charge in [-0.2, -0.15) is 4.31 Å². The van der Waals surface area contributed by atoms with Gasteiger partial charge in [0.15, 0.2) is 0 Å². The van der Waals surface area contributed by atoms with Crippen molar-refractivity contribution in [3.05, 3.63) is 29.6 Å². The summed E-state index contributed by atoms with van der Waals surface area (Å²) < 4.78 is 46.2. The summed E-state index contributed by atoms with van der Waals surface area (Å²) in [4.78, 5) is 14.8. The maximum Gasteiger partial charge on any atom is 0.254 e. The van der Waals surface area contributed by atoms with Gasteiger partial charge in [-0.1, -0.05) is 6.42 Å². The number of carbonyl (C=O) groups excluding carboxylic acids is 1. The van der Waals surface area contributed by atoms with Crippen LogP contribution in [-0.2, 0) is 14.8 Å². The summed E-state index contributed by atoms with van der Waals surface area (Å²) in [6.07, 6.45) is 4.43. The minimum Gasteiger partial charge on any atom is -0.379 e. The van der Waals surface area contributed by atoms with Crippen LogP contribution in [0, 0.1) is 5.82 Å². The van der Waals surface area contributed by atoms with Gasteiger partial charge in [0.1, 0.15) is 5.82 Å². The molecule has 2 heterocycles. The Bertz CT molecular complexity index is 812. The van der Waals surface area contributed by atoms with Crippen LogP contribution < -0.4 is 5.32 Å². The van der Waals surface area contributed by atoms with Crippen molar-refractivity contribution < 1.29 is 22.3 Å². The first-order chi connectivity index (χ1) is 13.9. The van der Waals surface area contributed by atoms with Crippen molar-refractivity contribution in [2.75, 3.05) is 45.9 Å². The van der Waals surface area contributed by atoms with E-state index in [1.807, 2.05) is 0 Å². The maximum atomic E-state index is 14.2. The molecule has 162 valence electrons. The zero-order valence-corrected chi connectivity index (χ0v) is 17.7. The third-order valence-corrected chi connectivity index (χ3v) is 7.53. The van der Waals surface area contributed by atoms with Crippen LogP contribution in [0.1, 0.15) is 43.0 Å². The molecule has 0 aromatic heterocycles. The molecule has 1 amide bonds. The average Bonchev–Trinajstić information content (AvgIpc) is 2.73. The zero-order chi connectivity index (χ0) is 20.9. The molecule has 1 N–H and O–H groups in total. The fourth-order valence-electron chi connectivity index (χ4n) is 3.84. The molecular weight excluding hydrogens is 397 g/mol. The summed E-state index contributed by atoms with van der Waals surface area (Å²) in [6, 6.07) is 3.92. The lowest BCUT2D eigenvalue weighted by Crippen LogP contribution is -2.40. The first-order valence-electron chi connectivity index (χ1n) is 10.3. The van der Waals surface area contributed by atoms with Gasteiger partial charge >= 0.3 is 0 Å². The maximum absolute atomic E-state index is 14.2. The van der Waals surface area contributed by atoms with Gasteiger partial charge in [-0.15, -0.1) is 0 Å². The summed E-state index contributed by atoms with van der Waals surface area (Å²) in [5, 5.41) is 2.72. The molecule has 2 aliphatic rings. The fraction of sp³-hybridized carbons (Fsp3) is 0.650. The predicted molar refractivity (Wildman–Crippen MR) is 108 cm³/mol. The number of nitrogens with zero attached hydrogens (tertiary/aromatic N) is 2. The summed E-state index contributed by atoms with van der Waals surface area (Å²) in [5.74, 6) is -1.32. The van der Waals surface area contributed by atoms with Crippen LogP contribution in [-0.4, -0.2) is 75.5 Å². The lowest BCUT2D eigenvalue weighted by atomic mass is 10.0. The number of morpholine rings is 1. The topological polar surface area (TPSA) is 79.0 Å². The molecule has 0 aliphatic carbocycles. The van der Waals surface area contributed by atoms with E-state index in [4.69, 9.17) is 4.74 Å². The largest absolute Gasteiger partial charge is 0.379 e. The van der Waals surface area contributed by atoms with E-state index < -0.39 is 21.7 Å². The number of likely N-dealkylation sites (tertiary alicyclic amines) is 1. The molecule has 0 bridgehead atoms. The zero-order valence-electron chi connectivity index (χ0n) is 16.9. The molecule has 1 aromatic rings. The number of sulfonamides is 1. The highest BCUT2D eigenvalue weighted by molar-refractivity contribution is 7.89. The van der Waals surface area contributed by atoms with Crippen LogP contribution in [0.25, 0.3) is 0 Å². The lowest BCUT2D eigenvalue weighted by Gasteiger charge is -2.33. The van der Waals surface area contributed by atoms with Gasteiger partial charge in [0.05, 0.1) is 23.7 Å². The molecule has 1 aromatic carbocycles. The molecule has 3 rings (SSSR count). The van der Waals surface area contributed by atoms with Gasteiger partial charge in [-0.3, -0.25) is 4.79 Å². The molecule has 2 aliphatic heterocycles. The molecule has 2 saturated heterocycles. The molecule has 0 radical (unpaired) electrons. The van der Waals surface area contributed by atoms with E-state index in [2.05, 4.69) is 17.1 Å². The van der Waals surface area contributed by atoms with Crippen molar-refractivity contribution in [1.82, 2.24) is 14.5 Å². The first kappa shape index (κ1) is 22.1. The van der Waals surface area contributed by atoms with Crippen LogP contribution in [0.2, 0.25) is 0 Å². The van der Waals surface area contributed by atoms with Crippen LogP contribution in [0.15, 0.2) is 23.1 Å². The molecule has 2 fully saturated rings. The third kappa shape index (κ3) is 5.53. The van der Waals surface area contributed by atoms with E-state index in [1.165, 1.54) is 29.6 Å². The fourth-order valence-corrected chi connectivity index (χ4v) is 5.28. The second-order valence-corrected chi connectivity index (χ2v) is 9.59. The monoisotopic (exact) mass is 427 g/mol. The van der Waals surface area contributed by atoms with E-state index in [0.29, 0.717) is 25.8 Å². The Balaban J connectivity index is 1.59. The van der Waals surface area contributed by atoms with Gasteiger partial charge in [0.25, 0.3) is 5.91 Å². The number of nitrogens with one attached hydrogen (secondary N) is 1. The van der Waals surface area contributed by atoms with Crippen molar-refractivity contribution in [2.24, 2.45) is 0 Å². The Morgan fingerprint density at radius 2 is 2.00 bits per heavy atom. The summed E-state index contributed by atoms with van der Waals surface area (Å²) in [7, 11) is -3.78. The molecule has 9 heteroatoms. The highest BCUT2D eigenvalue weighted by atomic mass is 32.2. The molecule has 1 atom stereocenters. The smallest absolute Gasteiger partial charge is 0.254 e. The average molecular weight is 428 g/mol. The van der Waals surface area contributed by atoms with Crippen molar-refractivity contribution in [3.63, 3.8) is 0 Å². The second kappa shape index (κ2) is 9.97.